The number of methoxy groups -OCH3 is 2. The summed E-state index contributed by atoms with van der Waals surface area (Å²) in [6.45, 7) is 4.32. The number of benzene rings is 1. The SMILES string of the molecule is COc1ccc(Cn2nc(C)c(NC(=O)c3cnn4c(-c5cccs5)ccnc34)c2C)cc1OC. The van der Waals surface area contributed by atoms with Crippen molar-refractivity contribution in [2.24, 2.45) is 0 Å². The number of aromatic nitrogens is 5. The van der Waals surface area contributed by atoms with Crippen LogP contribution in [-0.4, -0.2) is 44.5 Å². The minimum atomic E-state index is -0.285. The number of hydrogen-bond acceptors (Lipinski definition) is 7. The van der Waals surface area contributed by atoms with Crippen LogP contribution in [-0.2, 0) is 6.54 Å². The molecule has 1 amide bonds. The van der Waals surface area contributed by atoms with Crippen molar-refractivity contribution in [2.45, 2.75) is 20.4 Å². The molecule has 0 aliphatic carbocycles. The monoisotopic (exact) mass is 488 g/mol. The average Bonchev–Trinajstić information content (AvgIpc) is 3.61. The van der Waals surface area contributed by atoms with Crippen LogP contribution in [0, 0.1) is 13.8 Å². The van der Waals surface area contributed by atoms with E-state index < -0.39 is 0 Å². The summed E-state index contributed by atoms with van der Waals surface area (Å²) in [5.74, 6) is 1.04. The Morgan fingerprint density at radius 1 is 1.11 bits per heavy atom. The molecule has 10 heteroatoms. The summed E-state index contributed by atoms with van der Waals surface area (Å²) in [5, 5.41) is 14.1. The number of aryl methyl sites for hydroxylation is 1. The van der Waals surface area contributed by atoms with Crippen molar-refractivity contribution in [3.05, 3.63) is 76.7 Å². The lowest BCUT2D eigenvalue weighted by Gasteiger charge is -2.11. The third-order valence-electron chi connectivity index (χ3n) is 5.82. The molecule has 178 valence electrons. The van der Waals surface area contributed by atoms with Gasteiger partial charge < -0.3 is 14.8 Å². The largest absolute Gasteiger partial charge is 0.493 e. The minimum absolute atomic E-state index is 0.285. The van der Waals surface area contributed by atoms with E-state index in [-0.39, 0.29) is 5.91 Å². The van der Waals surface area contributed by atoms with E-state index in [1.807, 2.05) is 60.3 Å². The Bertz CT molecular complexity index is 1520. The van der Waals surface area contributed by atoms with Crippen molar-refractivity contribution in [1.29, 1.82) is 0 Å². The molecule has 0 fully saturated rings. The van der Waals surface area contributed by atoms with Crippen LogP contribution >= 0.6 is 11.3 Å². The predicted molar refractivity (Wildman–Crippen MR) is 135 cm³/mol. The molecule has 4 heterocycles. The topological polar surface area (TPSA) is 95.6 Å². The second kappa shape index (κ2) is 9.22. The Morgan fingerprint density at radius 3 is 2.69 bits per heavy atom. The highest BCUT2D eigenvalue weighted by Crippen LogP contribution is 2.29. The predicted octanol–water partition coefficient (Wildman–Crippen LogP) is 4.59. The van der Waals surface area contributed by atoms with E-state index in [9.17, 15) is 4.79 Å². The molecule has 0 radical (unpaired) electrons. The van der Waals surface area contributed by atoms with Gasteiger partial charge in [-0.1, -0.05) is 12.1 Å². The summed E-state index contributed by atoms with van der Waals surface area (Å²) >= 11 is 1.61. The van der Waals surface area contributed by atoms with Crippen molar-refractivity contribution >= 4 is 28.6 Å². The van der Waals surface area contributed by atoms with Gasteiger partial charge in [-0.25, -0.2) is 9.50 Å². The van der Waals surface area contributed by atoms with Gasteiger partial charge in [-0.15, -0.1) is 11.3 Å². The summed E-state index contributed by atoms with van der Waals surface area (Å²) in [4.78, 5) is 18.7. The number of thiophene rings is 1. The van der Waals surface area contributed by atoms with Crippen molar-refractivity contribution in [2.75, 3.05) is 19.5 Å². The Hall–Kier alpha value is -4.18. The van der Waals surface area contributed by atoms with Crippen LogP contribution in [0.25, 0.3) is 16.2 Å². The summed E-state index contributed by atoms with van der Waals surface area (Å²) < 4.78 is 14.3. The zero-order chi connectivity index (χ0) is 24.5. The molecule has 35 heavy (non-hydrogen) atoms. The van der Waals surface area contributed by atoms with Gasteiger partial charge in [0.25, 0.3) is 5.91 Å². The van der Waals surface area contributed by atoms with Crippen LogP contribution in [0.15, 0.2) is 54.2 Å². The molecule has 0 atom stereocenters. The van der Waals surface area contributed by atoms with E-state index in [0.29, 0.717) is 34.9 Å². The number of hydrogen-bond donors (Lipinski definition) is 1. The van der Waals surface area contributed by atoms with Gasteiger partial charge in [-0.3, -0.25) is 9.48 Å². The smallest absolute Gasteiger partial charge is 0.261 e. The maximum atomic E-state index is 13.2. The molecule has 1 N–H and O–H groups in total. The van der Waals surface area contributed by atoms with Gasteiger partial charge in [0, 0.05) is 6.20 Å². The maximum absolute atomic E-state index is 13.2. The number of carbonyl (C=O) groups excluding carboxylic acids is 1. The van der Waals surface area contributed by atoms with Crippen LogP contribution in [0.4, 0.5) is 5.69 Å². The second-order valence-electron chi connectivity index (χ2n) is 7.95. The number of carbonyl (C=O) groups is 1. The summed E-state index contributed by atoms with van der Waals surface area (Å²) in [7, 11) is 3.22. The maximum Gasteiger partial charge on any atom is 0.261 e. The normalized spacial score (nSPS) is 11.1. The lowest BCUT2D eigenvalue weighted by Crippen LogP contribution is -2.13. The van der Waals surface area contributed by atoms with Crippen molar-refractivity contribution < 1.29 is 14.3 Å². The van der Waals surface area contributed by atoms with Crippen LogP contribution in [0.3, 0.4) is 0 Å². The Morgan fingerprint density at radius 2 is 1.94 bits per heavy atom. The molecule has 0 saturated heterocycles. The van der Waals surface area contributed by atoms with Gasteiger partial charge in [0.2, 0.25) is 0 Å². The van der Waals surface area contributed by atoms with E-state index >= 15 is 0 Å². The molecule has 0 unspecified atom stereocenters. The first-order valence-corrected chi connectivity index (χ1v) is 11.8. The molecule has 4 aromatic heterocycles. The molecular weight excluding hydrogens is 464 g/mol. The van der Waals surface area contributed by atoms with E-state index in [4.69, 9.17) is 9.47 Å². The number of amides is 1. The highest BCUT2D eigenvalue weighted by molar-refractivity contribution is 7.13. The van der Waals surface area contributed by atoms with E-state index in [1.165, 1.54) is 0 Å². The lowest BCUT2D eigenvalue weighted by molar-refractivity contribution is 0.102. The number of nitrogens with zero attached hydrogens (tertiary/aromatic N) is 5. The second-order valence-corrected chi connectivity index (χ2v) is 8.90. The van der Waals surface area contributed by atoms with Crippen LogP contribution in [0.2, 0.25) is 0 Å². The molecule has 9 nitrogen and oxygen atoms in total. The van der Waals surface area contributed by atoms with Crippen molar-refractivity contribution in [1.82, 2.24) is 24.4 Å². The van der Waals surface area contributed by atoms with Crippen LogP contribution < -0.4 is 14.8 Å². The fourth-order valence-corrected chi connectivity index (χ4v) is 4.76. The number of fused-ring (bicyclic) bond motifs is 1. The summed E-state index contributed by atoms with van der Waals surface area (Å²) in [6.07, 6.45) is 3.24. The first-order valence-electron chi connectivity index (χ1n) is 10.9. The Kier molecular flexibility index (Phi) is 5.96. The number of nitrogens with one attached hydrogen (secondary N) is 1. The summed E-state index contributed by atoms with van der Waals surface area (Å²) in [6, 6.07) is 11.6. The minimum Gasteiger partial charge on any atom is -0.493 e. The molecule has 0 aliphatic heterocycles. The van der Waals surface area contributed by atoms with Gasteiger partial charge in [-0.05, 0) is 49.1 Å². The molecule has 0 aliphatic rings. The van der Waals surface area contributed by atoms with Crippen LogP contribution in [0.5, 0.6) is 11.5 Å². The Labute approximate surface area is 206 Å². The molecular formula is C25H24N6O3S. The molecule has 5 aromatic rings. The zero-order valence-electron chi connectivity index (χ0n) is 19.8. The standard InChI is InChI=1S/C25H24N6O3S/c1-15-23(16(2)30(29-15)14-17-7-8-20(33-3)21(12-17)34-4)28-25(32)18-13-27-31-19(9-10-26-24(18)31)22-6-5-11-35-22/h5-13H,14H2,1-4H3,(H,28,32). The third-order valence-corrected chi connectivity index (χ3v) is 6.71. The van der Waals surface area contributed by atoms with Gasteiger partial charge in [0.15, 0.2) is 17.1 Å². The molecule has 0 bridgehead atoms. The van der Waals surface area contributed by atoms with E-state index in [2.05, 4.69) is 20.5 Å². The van der Waals surface area contributed by atoms with Gasteiger partial charge in [0.05, 0.1) is 54.6 Å². The number of anilines is 1. The summed E-state index contributed by atoms with van der Waals surface area (Å²) in [5.41, 5.74) is 5.02. The van der Waals surface area contributed by atoms with Crippen molar-refractivity contribution in [3.8, 4) is 22.1 Å². The fraction of sp³-hybridized carbons (Fsp3) is 0.200. The fourth-order valence-electron chi connectivity index (χ4n) is 4.03. The highest BCUT2D eigenvalue weighted by Gasteiger charge is 2.20. The van der Waals surface area contributed by atoms with Crippen LogP contribution in [0.1, 0.15) is 27.3 Å². The molecule has 5 rings (SSSR count). The number of rotatable bonds is 7. The highest BCUT2D eigenvalue weighted by atomic mass is 32.1. The molecule has 0 spiro atoms. The average molecular weight is 489 g/mol. The Balaban J connectivity index is 1.41. The first kappa shape index (κ1) is 22.6. The van der Waals surface area contributed by atoms with E-state index in [1.54, 1.807) is 42.5 Å². The first-order chi connectivity index (χ1) is 17.0. The lowest BCUT2D eigenvalue weighted by atomic mass is 10.2. The molecule has 0 saturated carbocycles. The van der Waals surface area contributed by atoms with Gasteiger partial charge in [0.1, 0.15) is 5.56 Å². The van der Waals surface area contributed by atoms with E-state index in [0.717, 1.165) is 27.5 Å². The quantitative estimate of drug-likeness (QED) is 0.360. The molecule has 1 aromatic carbocycles. The number of ether oxygens (including phenoxy) is 2. The van der Waals surface area contributed by atoms with Gasteiger partial charge in [-0.2, -0.15) is 10.2 Å². The zero-order valence-corrected chi connectivity index (χ0v) is 20.6. The van der Waals surface area contributed by atoms with Gasteiger partial charge >= 0.3 is 0 Å². The third kappa shape index (κ3) is 4.12. The van der Waals surface area contributed by atoms with Crippen molar-refractivity contribution in [3.63, 3.8) is 0 Å².